The third kappa shape index (κ3) is 3.57. The van der Waals surface area contributed by atoms with E-state index in [1.54, 1.807) is 26.0 Å². The van der Waals surface area contributed by atoms with Crippen molar-refractivity contribution in [1.29, 1.82) is 0 Å². The van der Waals surface area contributed by atoms with Crippen molar-refractivity contribution in [3.05, 3.63) is 63.0 Å². The van der Waals surface area contributed by atoms with Gasteiger partial charge in [-0.15, -0.1) is 0 Å². The number of aromatic nitrogens is 4. The smallest absolute Gasteiger partial charge is 0.400 e. The number of aryl methyl sites for hydroxylation is 1. The van der Waals surface area contributed by atoms with E-state index < -0.39 is 30.9 Å². The largest absolute Gasteiger partial charge is 0.530 e. The van der Waals surface area contributed by atoms with Crippen LogP contribution < -0.4 is 15.8 Å². The summed E-state index contributed by atoms with van der Waals surface area (Å²) in [5, 5.41) is 0. The molecule has 1 unspecified atom stereocenters. The van der Waals surface area contributed by atoms with E-state index in [2.05, 4.69) is 15.0 Å². The Labute approximate surface area is 158 Å². The predicted octanol–water partition coefficient (Wildman–Crippen LogP) is 1.21. The fourth-order valence-electron chi connectivity index (χ4n) is 2.73. The second-order valence-electron chi connectivity index (χ2n) is 6.58. The Morgan fingerprint density at radius 2 is 2.29 bits per heavy atom. The highest BCUT2D eigenvalue weighted by atomic mass is 31.2. The van der Waals surface area contributed by atoms with E-state index in [0.29, 0.717) is 11.3 Å². The van der Waals surface area contributed by atoms with Crippen molar-refractivity contribution in [2.45, 2.75) is 32.3 Å². The summed E-state index contributed by atoms with van der Waals surface area (Å²) < 4.78 is 35.7. The molecule has 0 spiro atoms. The van der Waals surface area contributed by atoms with E-state index >= 15 is 0 Å². The molecular weight excluding hydrogens is 391 g/mol. The van der Waals surface area contributed by atoms with Crippen LogP contribution in [0.1, 0.15) is 24.4 Å². The van der Waals surface area contributed by atoms with Crippen molar-refractivity contribution < 1.29 is 22.9 Å². The number of phosphoric ester groups is 1. The summed E-state index contributed by atoms with van der Waals surface area (Å²) >= 11 is 0. The van der Waals surface area contributed by atoms with Gasteiger partial charge in [-0.05, 0) is 19.9 Å². The molecule has 2 aromatic heterocycles. The lowest BCUT2D eigenvalue weighted by Gasteiger charge is -2.28. The Morgan fingerprint density at radius 1 is 1.46 bits per heavy atom. The Balaban J connectivity index is 1.45. The number of rotatable bonds is 4. The molecule has 4 heterocycles. The molecule has 0 aliphatic carbocycles. The number of hydrogen-bond donors (Lipinski definition) is 1. The molecule has 2 aliphatic rings. The molecule has 11 nitrogen and oxygen atoms in total. The molecule has 4 rings (SSSR count). The van der Waals surface area contributed by atoms with Crippen LogP contribution in [0.2, 0.25) is 0 Å². The number of H-pyrrole nitrogens is 1. The molecule has 0 saturated heterocycles. The second-order valence-corrected chi connectivity index (χ2v) is 8.17. The zero-order chi connectivity index (χ0) is 19.9. The zero-order valence-electron chi connectivity index (χ0n) is 15.0. The summed E-state index contributed by atoms with van der Waals surface area (Å²) in [6.07, 6.45) is 6.70. The summed E-state index contributed by atoms with van der Waals surface area (Å²) in [5.74, 6) is 0.235. The Kier molecular flexibility index (Phi) is 4.54. The molecule has 28 heavy (non-hydrogen) atoms. The molecule has 2 aromatic rings. The van der Waals surface area contributed by atoms with Gasteiger partial charge >= 0.3 is 13.5 Å². The predicted molar refractivity (Wildman–Crippen MR) is 94.7 cm³/mol. The number of nitrogens with zero attached hydrogens (tertiary/aromatic N) is 3. The maximum atomic E-state index is 12.7. The summed E-state index contributed by atoms with van der Waals surface area (Å²) in [6, 6.07) is 0. The van der Waals surface area contributed by atoms with Crippen molar-refractivity contribution in [2.24, 2.45) is 0 Å². The van der Waals surface area contributed by atoms with Crippen LogP contribution >= 0.6 is 7.82 Å². The van der Waals surface area contributed by atoms with Gasteiger partial charge in [-0.25, -0.2) is 19.3 Å². The highest BCUT2D eigenvalue weighted by Gasteiger charge is 2.40. The lowest BCUT2D eigenvalue weighted by atomic mass is 10.1. The van der Waals surface area contributed by atoms with Crippen LogP contribution in [-0.4, -0.2) is 31.7 Å². The minimum Gasteiger partial charge on any atom is -0.400 e. The summed E-state index contributed by atoms with van der Waals surface area (Å²) in [5.41, 5.74) is -1.20. The fraction of sp³-hybridized carbons (Fsp3) is 0.375. The molecule has 148 valence electrons. The van der Waals surface area contributed by atoms with Crippen molar-refractivity contribution >= 4 is 7.82 Å². The van der Waals surface area contributed by atoms with E-state index in [0.717, 1.165) is 0 Å². The molecule has 0 bridgehead atoms. The highest BCUT2D eigenvalue weighted by Crippen LogP contribution is 2.54. The standard InChI is InChI=1S/C16H17N4O7P/c1-10-6-20(15(22)19-14(10)21)13-3-4-16(2,26-13)8-25-28(23)24-7-11-12(27-28)5-17-9-18-11/h3-6,9,13H,7-8H2,1-2H3,(H,19,21,22)/t13-,16+,28?/m1/s1. The topological polar surface area (TPSA) is 135 Å². The van der Waals surface area contributed by atoms with Gasteiger partial charge in [0.1, 0.15) is 24.2 Å². The van der Waals surface area contributed by atoms with E-state index in [9.17, 15) is 14.2 Å². The number of ether oxygens (including phenoxy) is 1. The van der Waals surface area contributed by atoms with Gasteiger partial charge in [0.25, 0.3) is 5.56 Å². The second kappa shape index (κ2) is 6.78. The van der Waals surface area contributed by atoms with Gasteiger partial charge in [-0.2, -0.15) is 0 Å². The number of phosphoric acid groups is 1. The van der Waals surface area contributed by atoms with Crippen LogP contribution in [-0.2, 0) is 25.0 Å². The van der Waals surface area contributed by atoms with Crippen LogP contribution in [0.15, 0.2) is 40.5 Å². The number of fused-ring (bicyclic) bond motifs is 1. The number of nitrogens with one attached hydrogen (secondary N) is 1. The van der Waals surface area contributed by atoms with Crippen molar-refractivity contribution in [2.75, 3.05) is 6.61 Å². The average molecular weight is 408 g/mol. The first-order valence-electron chi connectivity index (χ1n) is 8.34. The maximum absolute atomic E-state index is 12.7. The molecule has 0 fully saturated rings. The van der Waals surface area contributed by atoms with Gasteiger partial charge in [-0.1, -0.05) is 6.08 Å². The minimum atomic E-state index is -3.87. The molecule has 1 N–H and O–H groups in total. The molecule has 0 radical (unpaired) electrons. The first kappa shape index (κ1) is 18.8. The van der Waals surface area contributed by atoms with Gasteiger partial charge in [0, 0.05) is 11.8 Å². The third-order valence-corrected chi connectivity index (χ3v) is 5.57. The molecule has 0 aromatic carbocycles. The summed E-state index contributed by atoms with van der Waals surface area (Å²) in [6.45, 7) is 3.09. The Morgan fingerprint density at radius 3 is 3.11 bits per heavy atom. The Bertz CT molecular complexity index is 1110. The van der Waals surface area contributed by atoms with Gasteiger partial charge < -0.3 is 9.26 Å². The SMILES string of the molecule is Cc1cn([C@H]2C=C[C@@](C)(COP3(=O)OCc4ncncc4O3)O2)c(=O)[nH]c1=O. The van der Waals surface area contributed by atoms with E-state index in [-0.39, 0.29) is 19.0 Å². The van der Waals surface area contributed by atoms with Gasteiger partial charge in [-0.3, -0.25) is 23.4 Å². The van der Waals surface area contributed by atoms with Gasteiger partial charge in [0.05, 0.1) is 12.8 Å². The van der Waals surface area contributed by atoms with Crippen molar-refractivity contribution in [3.63, 3.8) is 0 Å². The maximum Gasteiger partial charge on any atom is 0.530 e. The molecule has 0 amide bonds. The lowest BCUT2D eigenvalue weighted by Crippen LogP contribution is -2.36. The first-order valence-corrected chi connectivity index (χ1v) is 9.80. The van der Waals surface area contributed by atoms with E-state index in [4.69, 9.17) is 18.3 Å². The molecule has 0 saturated carbocycles. The summed E-state index contributed by atoms with van der Waals surface area (Å²) in [4.78, 5) is 33.6. The van der Waals surface area contributed by atoms with Crippen LogP contribution in [0.4, 0.5) is 0 Å². The average Bonchev–Trinajstić information content (AvgIpc) is 3.06. The van der Waals surface area contributed by atoms with E-state index in [1.807, 2.05) is 0 Å². The third-order valence-electron chi connectivity index (χ3n) is 4.26. The molecular formula is C16H17N4O7P. The van der Waals surface area contributed by atoms with Crippen molar-refractivity contribution in [3.8, 4) is 5.75 Å². The number of hydrogen-bond acceptors (Lipinski definition) is 9. The number of aromatic amines is 1. The molecule has 12 heteroatoms. The van der Waals surface area contributed by atoms with E-state index in [1.165, 1.54) is 23.3 Å². The quantitative estimate of drug-likeness (QED) is 0.585. The van der Waals surface area contributed by atoms with Crippen molar-refractivity contribution in [1.82, 2.24) is 19.5 Å². The van der Waals surface area contributed by atoms with Crippen LogP contribution in [0.25, 0.3) is 0 Å². The van der Waals surface area contributed by atoms with Crippen LogP contribution in [0, 0.1) is 6.92 Å². The monoisotopic (exact) mass is 408 g/mol. The lowest BCUT2D eigenvalue weighted by molar-refractivity contribution is -0.0732. The van der Waals surface area contributed by atoms with Gasteiger partial charge in [0.15, 0.2) is 12.0 Å². The minimum absolute atomic E-state index is 0.0305. The fourth-order valence-corrected chi connectivity index (χ4v) is 4.00. The molecule has 3 atom stereocenters. The van der Waals surface area contributed by atoms with Crippen LogP contribution in [0.3, 0.4) is 0 Å². The zero-order valence-corrected chi connectivity index (χ0v) is 15.9. The summed E-state index contributed by atoms with van der Waals surface area (Å²) in [7, 11) is -3.87. The molecule has 2 aliphatic heterocycles. The Hall–Kier alpha value is -2.59. The first-order chi connectivity index (χ1) is 13.3. The normalized spacial score (nSPS) is 28.7. The van der Waals surface area contributed by atoms with Crippen LogP contribution in [0.5, 0.6) is 5.75 Å². The highest BCUT2D eigenvalue weighted by molar-refractivity contribution is 7.49. The van der Waals surface area contributed by atoms with Gasteiger partial charge in [0.2, 0.25) is 0 Å².